The maximum Gasteiger partial charge on any atom is 0.279 e. The molecule has 1 saturated heterocycles. The van der Waals surface area contributed by atoms with E-state index in [0.717, 1.165) is 31.9 Å². The van der Waals surface area contributed by atoms with Crippen LogP contribution in [0.25, 0.3) is 0 Å². The minimum atomic E-state index is -0.0732. The molecule has 0 saturated carbocycles. The number of carbonyl (C=O) groups is 1. The molecule has 1 aromatic carbocycles. The fourth-order valence-electron chi connectivity index (χ4n) is 2.87. The first kappa shape index (κ1) is 16.5. The van der Waals surface area contributed by atoms with Crippen molar-refractivity contribution in [2.75, 3.05) is 42.9 Å². The fourth-order valence-corrected chi connectivity index (χ4v) is 3.04. The smallest absolute Gasteiger partial charge is 0.279 e. The van der Waals surface area contributed by atoms with Gasteiger partial charge in [0.05, 0.1) is 37.6 Å². The van der Waals surface area contributed by atoms with Gasteiger partial charge in [0.15, 0.2) is 11.7 Å². The van der Waals surface area contributed by atoms with E-state index in [1.807, 2.05) is 18.2 Å². The Kier molecular flexibility index (Phi) is 5.17. The molecule has 1 aliphatic rings. The van der Waals surface area contributed by atoms with Gasteiger partial charge in [0.2, 0.25) is 0 Å². The molecule has 24 heavy (non-hydrogen) atoms. The van der Waals surface area contributed by atoms with E-state index < -0.39 is 0 Å². The number of piperazine rings is 1. The van der Waals surface area contributed by atoms with Crippen LogP contribution in [0.2, 0.25) is 5.15 Å². The molecule has 0 unspecified atom stereocenters. The summed E-state index contributed by atoms with van der Waals surface area (Å²) in [5.74, 6) is 0.223. The molecule has 0 atom stereocenters. The number of aromatic nitrogens is 1. The minimum Gasteiger partial charge on any atom is -0.506 e. The van der Waals surface area contributed by atoms with Gasteiger partial charge in [0, 0.05) is 6.20 Å². The summed E-state index contributed by atoms with van der Waals surface area (Å²) < 4.78 is 0. The first-order valence-electron chi connectivity index (χ1n) is 7.90. The van der Waals surface area contributed by atoms with Crippen molar-refractivity contribution in [2.24, 2.45) is 0 Å². The van der Waals surface area contributed by atoms with E-state index in [4.69, 9.17) is 11.6 Å². The van der Waals surface area contributed by atoms with Gasteiger partial charge >= 0.3 is 0 Å². The average molecular weight is 348 g/mol. The Bertz CT molecular complexity index is 717. The molecular formula is C17H20ClN4O2+. The van der Waals surface area contributed by atoms with Gasteiger partial charge < -0.3 is 20.2 Å². The van der Waals surface area contributed by atoms with Crippen LogP contribution in [0.15, 0.2) is 42.6 Å². The molecule has 1 aromatic heterocycles. The van der Waals surface area contributed by atoms with Crippen molar-refractivity contribution >= 4 is 28.9 Å². The number of amides is 1. The van der Waals surface area contributed by atoms with Crippen molar-refractivity contribution < 1.29 is 14.8 Å². The summed E-state index contributed by atoms with van der Waals surface area (Å²) in [4.78, 5) is 19.5. The largest absolute Gasteiger partial charge is 0.506 e. The van der Waals surface area contributed by atoms with Crippen molar-refractivity contribution in [1.82, 2.24) is 4.98 Å². The van der Waals surface area contributed by atoms with Crippen molar-refractivity contribution in [3.05, 3.63) is 47.7 Å². The third-order valence-electron chi connectivity index (χ3n) is 4.14. The zero-order valence-electron chi connectivity index (χ0n) is 13.2. The number of hydrogen-bond donors (Lipinski definition) is 3. The predicted octanol–water partition coefficient (Wildman–Crippen LogP) is 0.784. The Labute approximate surface area is 145 Å². The first-order valence-corrected chi connectivity index (χ1v) is 8.28. The van der Waals surface area contributed by atoms with E-state index in [0.29, 0.717) is 23.1 Å². The summed E-state index contributed by atoms with van der Waals surface area (Å²) in [5.41, 5.74) is 1.39. The zero-order chi connectivity index (χ0) is 16.9. The second-order valence-corrected chi connectivity index (χ2v) is 6.15. The SMILES string of the molecule is O=C(C[NH+]1CCN(c2ccccc2O)CC1)Nc1cccnc1Cl. The van der Waals surface area contributed by atoms with Crippen molar-refractivity contribution in [3.63, 3.8) is 0 Å². The molecule has 6 nitrogen and oxygen atoms in total. The Morgan fingerprint density at radius 2 is 2.00 bits per heavy atom. The Hall–Kier alpha value is -2.31. The van der Waals surface area contributed by atoms with Gasteiger partial charge in [0.25, 0.3) is 5.91 Å². The highest BCUT2D eigenvalue weighted by Crippen LogP contribution is 2.25. The highest BCUT2D eigenvalue weighted by Gasteiger charge is 2.23. The van der Waals surface area contributed by atoms with Crippen LogP contribution in [0.1, 0.15) is 0 Å². The monoisotopic (exact) mass is 347 g/mol. The van der Waals surface area contributed by atoms with E-state index in [1.165, 1.54) is 4.90 Å². The van der Waals surface area contributed by atoms with Crippen LogP contribution >= 0.6 is 11.6 Å². The van der Waals surface area contributed by atoms with Crippen LogP contribution in [0.4, 0.5) is 11.4 Å². The van der Waals surface area contributed by atoms with Crippen LogP contribution < -0.4 is 15.1 Å². The molecule has 0 aliphatic carbocycles. The number of nitrogens with one attached hydrogen (secondary N) is 2. The van der Waals surface area contributed by atoms with E-state index in [9.17, 15) is 9.90 Å². The number of carbonyl (C=O) groups excluding carboxylic acids is 1. The Morgan fingerprint density at radius 1 is 1.25 bits per heavy atom. The number of hydrogen-bond acceptors (Lipinski definition) is 4. The Morgan fingerprint density at radius 3 is 2.71 bits per heavy atom. The molecule has 2 heterocycles. The van der Waals surface area contributed by atoms with Gasteiger partial charge in [-0.2, -0.15) is 0 Å². The third-order valence-corrected chi connectivity index (χ3v) is 4.44. The standard InChI is InChI=1S/C17H19ClN4O2/c18-17-13(4-3-7-19-17)20-16(24)12-21-8-10-22(11-9-21)14-5-1-2-6-15(14)23/h1-7,23H,8-12H2,(H,20,24)/p+1. The van der Waals surface area contributed by atoms with Gasteiger partial charge in [-0.05, 0) is 24.3 Å². The lowest BCUT2D eigenvalue weighted by Crippen LogP contribution is -3.15. The maximum atomic E-state index is 12.2. The number of nitrogens with zero attached hydrogens (tertiary/aromatic N) is 2. The number of para-hydroxylation sites is 2. The number of rotatable bonds is 4. The van der Waals surface area contributed by atoms with Crippen LogP contribution in [0, 0.1) is 0 Å². The highest BCUT2D eigenvalue weighted by molar-refractivity contribution is 6.32. The highest BCUT2D eigenvalue weighted by atomic mass is 35.5. The molecule has 1 aliphatic heterocycles. The summed E-state index contributed by atoms with van der Waals surface area (Å²) in [6.45, 7) is 3.66. The molecule has 1 amide bonds. The number of anilines is 2. The van der Waals surface area contributed by atoms with Crippen molar-refractivity contribution in [3.8, 4) is 5.75 Å². The van der Waals surface area contributed by atoms with E-state index in [2.05, 4.69) is 15.2 Å². The van der Waals surface area contributed by atoms with Gasteiger partial charge in [-0.15, -0.1) is 0 Å². The zero-order valence-corrected chi connectivity index (χ0v) is 14.0. The number of phenols is 1. The minimum absolute atomic E-state index is 0.0732. The van der Waals surface area contributed by atoms with Crippen molar-refractivity contribution in [1.29, 1.82) is 0 Å². The van der Waals surface area contributed by atoms with Crippen molar-refractivity contribution in [2.45, 2.75) is 0 Å². The average Bonchev–Trinajstić information content (AvgIpc) is 2.58. The van der Waals surface area contributed by atoms with Gasteiger partial charge in [0.1, 0.15) is 5.75 Å². The molecule has 126 valence electrons. The number of pyridine rings is 1. The van der Waals surface area contributed by atoms with Crippen LogP contribution in [0.3, 0.4) is 0 Å². The quantitative estimate of drug-likeness (QED) is 0.715. The molecular weight excluding hydrogens is 328 g/mol. The molecule has 0 spiro atoms. The lowest BCUT2D eigenvalue weighted by atomic mass is 10.2. The summed E-state index contributed by atoms with van der Waals surface area (Å²) in [5, 5.41) is 13.0. The molecule has 1 fully saturated rings. The molecule has 0 radical (unpaired) electrons. The number of quaternary nitrogens is 1. The van der Waals surface area contributed by atoms with E-state index in [-0.39, 0.29) is 5.91 Å². The molecule has 2 aromatic rings. The molecule has 7 heteroatoms. The normalized spacial score (nSPS) is 15.3. The third kappa shape index (κ3) is 3.96. The summed E-state index contributed by atoms with van der Waals surface area (Å²) >= 11 is 5.95. The van der Waals surface area contributed by atoms with Gasteiger partial charge in [-0.25, -0.2) is 4.98 Å². The van der Waals surface area contributed by atoms with E-state index in [1.54, 1.807) is 24.4 Å². The molecule has 3 N–H and O–H groups in total. The summed E-state index contributed by atoms with van der Waals surface area (Å²) in [7, 11) is 0. The number of phenolic OH excluding ortho intramolecular Hbond substituents is 1. The fraction of sp³-hybridized carbons (Fsp3) is 0.294. The second-order valence-electron chi connectivity index (χ2n) is 5.79. The second kappa shape index (κ2) is 7.51. The summed E-state index contributed by atoms with van der Waals surface area (Å²) in [6.07, 6.45) is 1.58. The first-order chi connectivity index (χ1) is 11.6. The predicted molar refractivity (Wildman–Crippen MR) is 93.8 cm³/mol. The van der Waals surface area contributed by atoms with Gasteiger partial charge in [-0.3, -0.25) is 4.79 Å². The topological polar surface area (TPSA) is 69.9 Å². The molecule has 3 rings (SSSR count). The van der Waals surface area contributed by atoms with Gasteiger partial charge in [-0.1, -0.05) is 23.7 Å². The van der Waals surface area contributed by atoms with Crippen LogP contribution in [-0.2, 0) is 4.79 Å². The number of halogens is 1. The number of aromatic hydroxyl groups is 1. The van der Waals surface area contributed by atoms with E-state index >= 15 is 0 Å². The maximum absolute atomic E-state index is 12.2. The molecule has 0 bridgehead atoms. The summed E-state index contributed by atoms with van der Waals surface area (Å²) in [6, 6.07) is 10.8. The van der Waals surface area contributed by atoms with Crippen LogP contribution in [0.5, 0.6) is 5.75 Å². The number of benzene rings is 1. The lowest BCUT2D eigenvalue weighted by molar-refractivity contribution is -0.892. The lowest BCUT2D eigenvalue weighted by Gasteiger charge is -2.33. The van der Waals surface area contributed by atoms with Crippen LogP contribution in [-0.4, -0.2) is 48.7 Å². The Balaban J connectivity index is 1.51.